The molecule has 0 aliphatic heterocycles. The molecule has 0 aromatic carbocycles. The van der Waals surface area contributed by atoms with Crippen LogP contribution in [0.2, 0.25) is 0 Å². The lowest BCUT2D eigenvalue weighted by Crippen LogP contribution is -2.29. The van der Waals surface area contributed by atoms with E-state index < -0.39 is 20.0 Å². The van der Waals surface area contributed by atoms with Crippen LogP contribution in [0.4, 0.5) is 0 Å². The maximum atomic E-state index is 10.9. The summed E-state index contributed by atoms with van der Waals surface area (Å²) in [7, 11) is -6.95. The van der Waals surface area contributed by atoms with Crippen LogP contribution in [0, 0.1) is 0 Å². The zero-order valence-corrected chi connectivity index (χ0v) is 8.10. The van der Waals surface area contributed by atoms with E-state index in [0.29, 0.717) is 10.8 Å². The van der Waals surface area contributed by atoms with Crippen molar-refractivity contribution in [3.8, 4) is 0 Å². The van der Waals surface area contributed by atoms with Crippen LogP contribution in [0.15, 0.2) is 24.0 Å². The van der Waals surface area contributed by atoms with E-state index in [-0.39, 0.29) is 3.71 Å². The van der Waals surface area contributed by atoms with E-state index in [1.54, 1.807) is 0 Å². The molecule has 0 aromatic rings. The number of nitrogens with zero attached hydrogens (tertiary/aromatic N) is 1. The van der Waals surface area contributed by atoms with Gasteiger partial charge in [-0.1, -0.05) is 16.9 Å². The van der Waals surface area contributed by atoms with Crippen LogP contribution in [-0.4, -0.2) is 27.6 Å². The van der Waals surface area contributed by atoms with E-state index in [2.05, 4.69) is 13.2 Å². The molecule has 7 heteroatoms. The molecule has 0 amide bonds. The quantitative estimate of drug-likeness (QED) is 0.649. The second-order valence-corrected chi connectivity index (χ2v) is 5.86. The van der Waals surface area contributed by atoms with Gasteiger partial charge in [0, 0.05) is 17.9 Å². The summed E-state index contributed by atoms with van der Waals surface area (Å²) in [6, 6.07) is 0. The molecule has 0 atom stereocenters. The fourth-order valence-electron chi connectivity index (χ4n) is 0.355. The van der Waals surface area contributed by atoms with E-state index in [1.165, 1.54) is 0 Å². The summed E-state index contributed by atoms with van der Waals surface area (Å²) in [4.78, 5) is 0. The van der Waals surface area contributed by atoms with Gasteiger partial charge in [0.1, 0.15) is 0 Å². The van der Waals surface area contributed by atoms with Crippen LogP contribution < -0.4 is 0 Å². The molecule has 0 saturated carbocycles. The van der Waals surface area contributed by atoms with Crippen molar-refractivity contribution in [1.82, 2.24) is 3.71 Å². The Hall–Kier alpha value is -0.660. The molecule has 0 unspecified atom stereocenters. The highest BCUT2D eigenvalue weighted by atomic mass is 32.3. The summed E-state index contributed by atoms with van der Waals surface area (Å²) >= 11 is 0. The average molecular weight is 211 g/mol. The Morgan fingerprint density at radius 3 is 1.42 bits per heavy atom. The maximum absolute atomic E-state index is 10.9. The molecule has 0 spiro atoms. The lowest BCUT2D eigenvalue weighted by Gasteiger charge is -2.10. The van der Waals surface area contributed by atoms with Crippen molar-refractivity contribution in [2.45, 2.75) is 0 Å². The zero-order chi connectivity index (χ0) is 9.99. The molecule has 12 heavy (non-hydrogen) atoms. The van der Waals surface area contributed by atoms with Gasteiger partial charge in [0.05, 0.1) is 0 Å². The maximum Gasteiger partial charge on any atom is 0.248 e. The summed E-state index contributed by atoms with van der Waals surface area (Å²) in [5, 5.41) is 1.10. The molecule has 0 N–H and O–H groups in total. The van der Waals surface area contributed by atoms with Gasteiger partial charge in [0.15, 0.2) is 0 Å². The van der Waals surface area contributed by atoms with E-state index in [0.717, 1.165) is 7.05 Å². The van der Waals surface area contributed by atoms with Crippen LogP contribution in [-0.2, 0) is 20.0 Å². The van der Waals surface area contributed by atoms with E-state index in [4.69, 9.17) is 0 Å². The highest BCUT2D eigenvalue weighted by Crippen LogP contribution is 2.06. The number of hydrogen-bond acceptors (Lipinski definition) is 4. The Kier molecular flexibility index (Phi) is 3.19. The number of hydrogen-bond donors (Lipinski definition) is 0. The van der Waals surface area contributed by atoms with Crippen LogP contribution in [0.25, 0.3) is 0 Å². The molecule has 0 aliphatic rings. The van der Waals surface area contributed by atoms with E-state index >= 15 is 0 Å². The summed E-state index contributed by atoms with van der Waals surface area (Å²) < 4.78 is 43.7. The van der Waals surface area contributed by atoms with Crippen molar-refractivity contribution >= 4 is 20.0 Å². The normalized spacial score (nSPS) is 12.8. The molecule has 0 radical (unpaired) electrons. The highest BCUT2D eigenvalue weighted by Gasteiger charge is 2.24. The molecule has 5 nitrogen and oxygen atoms in total. The highest BCUT2D eigenvalue weighted by molar-refractivity contribution is 8.06. The Labute approximate surface area is 72.1 Å². The molecule has 0 aromatic heterocycles. The first-order valence-electron chi connectivity index (χ1n) is 2.77. The lowest BCUT2D eigenvalue weighted by molar-refractivity contribution is 0.538. The van der Waals surface area contributed by atoms with Crippen molar-refractivity contribution in [3.05, 3.63) is 24.0 Å². The summed E-state index contributed by atoms with van der Waals surface area (Å²) in [6.45, 7) is 5.95. The first kappa shape index (κ1) is 11.3. The number of sulfonamides is 2. The van der Waals surface area contributed by atoms with Crippen molar-refractivity contribution in [2.75, 3.05) is 7.05 Å². The largest absolute Gasteiger partial charge is 0.248 e. The molecule has 0 saturated heterocycles. The second kappa shape index (κ2) is 3.38. The van der Waals surface area contributed by atoms with Crippen LogP contribution in [0.5, 0.6) is 0 Å². The third kappa shape index (κ3) is 2.16. The van der Waals surface area contributed by atoms with Crippen LogP contribution in [0.1, 0.15) is 0 Å². The molecule has 70 valence electrons. The fourth-order valence-corrected chi connectivity index (χ4v) is 2.30. The monoisotopic (exact) mass is 211 g/mol. The van der Waals surface area contributed by atoms with E-state index in [1.807, 2.05) is 0 Å². The molecule has 0 heterocycles. The van der Waals surface area contributed by atoms with Gasteiger partial charge in [-0.3, -0.25) is 0 Å². The van der Waals surface area contributed by atoms with Gasteiger partial charge in [0.2, 0.25) is 20.0 Å². The molecule has 0 aliphatic carbocycles. The zero-order valence-electron chi connectivity index (χ0n) is 6.47. The predicted molar refractivity (Wildman–Crippen MR) is 46.0 cm³/mol. The predicted octanol–water partition coefficient (Wildman–Crippen LogP) is -0.135. The minimum absolute atomic E-state index is 0.194. The molecular formula is C5H9NO4S2. The molecular weight excluding hydrogens is 202 g/mol. The SMILES string of the molecule is C=CS(=O)(=O)N(C)S(=O)(=O)C=C. The van der Waals surface area contributed by atoms with E-state index in [9.17, 15) is 16.8 Å². The number of rotatable bonds is 4. The Morgan fingerprint density at radius 1 is 1.00 bits per heavy atom. The van der Waals surface area contributed by atoms with Crippen LogP contribution in [0.3, 0.4) is 0 Å². The first-order chi connectivity index (χ1) is 5.28. The Morgan fingerprint density at radius 2 is 1.25 bits per heavy atom. The van der Waals surface area contributed by atoms with Gasteiger partial charge >= 0.3 is 0 Å². The van der Waals surface area contributed by atoms with Gasteiger partial charge in [-0.2, -0.15) is 0 Å². The summed E-state index contributed by atoms with van der Waals surface area (Å²) in [5.74, 6) is 0. The molecule has 0 bridgehead atoms. The van der Waals surface area contributed by atoms with Crippen molar-refractivity contribution in [2.24, 2.45) is 0 Å². The Bertz CT molecular complexity index is 340. The van der Waals surface area contributed by atoms with Gasteiger partial charge in [-0.05, 0) is 0 Å². The average Bonchev–Trinajstić information content (AvgIpc) is 2.03. The smallest absolute Gasteiger partial charge is 0.207 e. The lowest BCUT2D eigenvalue weighted by atomic mass is 11.3. The fraction of sp³-hybridized carbons (Fsp3) is 0.200. The van der Waals surface area contributed by atoms with Gasteiger partial charge in [0.25, 0.3) is 0 Å². The standard InChI is InChI=1S/C5H9NO4S2/c1-4-11(7,8)6(3)12(9,10)5-2/h4-5H,1-2H2,3H3. The Balaban J connectivity index is 5.27. The minimum Gasteiger partial charge on any atom is -0.207 e. The third-order valence-electron chi connectivity index (χ3n) is 1.14. The molecule has 0 rings (SSSR count). The summed E-state index contributed by atoms with van der Waals surface area (Å²) in [5.41, 5.74) is 0. The first-order valence-corrected chi connectivity index (χ1v) is 5.77. The molecule has 0 fully saturated rings. The third-order valence-corrected chi connectivity index (χ3v) is 4.66. The van der Waals surface area contributed by atoms with Crippen molar-refractivity contribution in [3.63, 3.8) is 0 Å². The second-order valence-electron chi connectivity index (χ2n) is 1.80. The van der Waals surface area contributed by atoms with Gasteiger partial charge in [-0.15, -0.1) is 0 Å². The van der Waals surface area contributed by atoms with Gasteiger partial charge in [-0.25, -0.2) is 16.8 Å². The van der Waals surface area contributed by atoms with Crippen molar-refractivity contribution < 1.29 is 16.8 Å². The van der Waals surface area contributed by atoms with Crippen molar-refractivity contribution in [1.29, 1.82) is 0 Å². The van der Waals surface area contributed by atoms with Gasteiger partial charge < -0.3 is 0 Å². The topological polar surface area (TPSA) is 71.5 Å². The summed E-state index contributed by atoms with van der Waals surface area (Å²) in [6.07, 6.45) is 0. The minimum atomic E-state index is -3.93. The van der Waals surface area contributed by atoms with Crippen LogP contribution >= 0.6 is 0 Å².